The Balaban J connectivity index is 1.59. The summed E-state index contributed by atoms with van der Waals surface area (Å²) < 4.78 is 30.3. The number of nitrogens with zero attached hydrogens (tertiary/aromatic N) is 1. The second-order valence-corrected chi connectivity index (χ2v) is 9.64. The van der Waals surface area contributed by atoms with Crippen molar-refractivity contribution in [3.63, 3.8) is 0 Å². The Morgan fingerprint density at radius 1 is 1.06 bits per heavy atom. The summed E-state index contributed by atoms with van der Waals surface area (Å²) in [6.45, 7) is 2.70. The van der Waals surface area contributed by atoms with E-state index in [1.807, 2.05) is 6.07 Å². The van der Waals surface area contributed by atoms with E-state index < -0.39 is 21.5 Å². The normalized spacial score (nSPS) is 12.9. The molecular formula is C24H24N2O5S. The van der Waals surface area contributed by atoms with Crippen molar-refractivity contribution in [3.8, 4) is 5.75 Å². The highest BCUT2D eigenvalue weighted by Gasteiger charge is 2.30. The Labute approximate surface area is 186 Å². The number of hydrogen-bond donors (Lipinski definition) is 1. The third-order valence-corrected chi connectivity index (χ3v) is 7.17. The highest BCUT2D eigenvalue weighted by molar-refractivity contribution is 7.92. The maximum Gasteiger partial charge on any atom is 0.258 e. The van der Waals surface area contributed by atoms with Crippen LogP contribution in [0, 0.1) is 0 Å². The van der Waals surface area contributed by atoms with Crippen molar-refractivity contribution in [3.05, 3.63) is 60.2 Å². The van der Waals surface area contributed by atoms with E-state index in [0.29, 0.717) is 28.9 Å². The predicted molar refractivity (Wildman–Crippen MR) is 124 cm³/mol. The van der Waals surface area contributed by atoms with Crippen LogP contribution in [0.5, 0.6) is 5.75 Å². The zero-order valence-electron chi connectivity index (χ0n) is 17.9. The van der Waals surface area contributed by atoms with Crippen molar-refractivity contribution in [1.29, 1.82) is 0 Å². The molecule has 0 unspecified atom stereocenters. The SMILES string of the molecule is CCCCN1C(=O)c2cccc3c(NC(=O)CS(=O)(=O)c4ccc(OC)cc4)ccc1c23. The van der Waals surface area contributed by atoms with Crippen LogP contribution in [-0.2, 0) is 14.6 Å². The van der Waals surface area contributed by atoms with Gasteiger partial charge in [-0.15, -0.1) is 0 Å². The first-order valence-corrected chi connectivity index (χ1v) is 12.0. The molecule has 0 fully saturated rings. The molecule has 2 amide bonds. The van der Waals surface area contributed by atoms with Gasteiger partial charge in [-0.05, 0) is 48.9 Å². The van der Waals surface area contributed by atoms with Gasteiger partial charge in [0.05, 0.1) is 17.7 Å². The van der Waals surface area contributed by atoms with E-state index in [4.69, 9.17) is 4.74 Å². The molecule has 4 rings (SSSR count). The molecule has 0 atom stereocenters. The Kier molecular flexibility index (Phi) is 5.88. The van der Waals surface area contributed by atoms with Crippen molar-refractivity contribution in [2.45, 2.75) is 24.7 Å². The summed E-state index contributed by atoms with van der Waals surface area (Å²) in [4.78, 5) is 27.3. The van der Waals surface area contributed by atoms with Gasteiger partial charge in [0.1, 0.15) is 11.5 Å². The molecule has 0 spiro atoms. The van der Waals surface area contributed by atoms with E-state index in [1.54, 1.807) is 29.2 Å². The molecule has 1 heterocycles. The number of anilines is 2. The number of nitrogens with one attached hydrogen (secondary N) is 1. The van der Waals surface area contributed by atoms with Crippen molar-refractivity contribution < 1.29 is 22.7 Å². The van der Waals surface area contributed by atoms with Crippen LogP contribution in [0.4, 0.5) is 11.4 Å². The standard InChI is InChI=1S/C24H24N2O5S/c1-3-4-14-26-21-13-12-20(18-6-5-7-19(23(18)21)24(26)28)25-22(27)15-32(29,30)17-10-8-16(31-2)9-11-17/h5-13H,3-4,14-15H2,1-2H3,(H,25,27). The van der Waals surface area contributed by atoms with Crippen LogP contribution >= 0.6 is 0 Å². The number of sulfone groups is 1. The van der Waals surface area contributed by atoms with Crippen LogP contribution in [0.15, 0.2) is 59.5 Å². The molecule has 0 radical (unpaired) electrons. The van der Waals surface area contributed by atoms with Gasteiger partial charge in [0, 0.05) is 28.6 Å². The Morgan fingerprint density at radius 3 is 2.50 bits per heavy atom. The molecule has 0 saturated heterocycles. The molecule has 0 bridgehead atoms. The molecule has 1 aliphatic heterocycles. The quantitative estimate of drug-likeness (QED) is 0.557. The maximum absolute atomic E-state index is 12.9. The number of carbonyl (C=O) groups is 2. The number of carbonyl (C=O) groups excluding carboxylic acids is 2. The maximum atomic E-state index is 12.9. The van der Waals surface area contributed by atoms with Gasteiger partial charge < -0.3 is 15.0 Å². The first-order valence-electron chi connectivity index (χ1n) is 10.4. The molecule has 3 aromatic rings. The van der Waals surface area contributed by atoms with Crippen LogP contribution in [0.2, 0.25) is 0 Å². The molecule has 3 aromatic carbocycles. The number of methoxy groups -OCH3 is 1. The second kappa shape index (κ2) is 8.63. The van der Waals surface area contributed by atoms with Crippen molar-refractivity contribution in [2.24, 2.45) is 0 Å². The number of rotatable bonds is 8. The lowest BCUT2D eigenvalue weighted by molar-refractivity contribution is -0.113. The summed E-state index contributed by atoms with van der Waals surface area (Å²) in [6, 6.07) is 14.8. The molecule has 0 aliphatic carbocycles. The summed E-state index contributed by atoms with van der Waals surface area (Å²) in [7, 11) is -2.33. The molecule has 7 nitrogen and oxygen atoms in total. The largest absolute Gasteiger partial charge is 0.497 e. The van der Waals surface area contributed by atoms with Gasteiger partial charge in [0.2, 0.25) is 5.91 Å². The molecule has 0 saturated carbocycles. The zero-order chi connectivity index (χ0) is 22.9. The summed E-state index contributed by atoms with van der Waals surface area (Å²) >= 11 is 0. The third kappa shape index (κ3) is 3.93. The fourth-order valence-corrected chi connectivity index (χ4v) is 5.05. The van der Waals surface area contributed by atoms with E-state index in [9.17, 15) is 18.0 Å². The third-order valence-electron chi connectivity index (χ3n) is 5.53. The number of amides is 2. The lowest BCUT2D eigenvalue weighted by Crippen LogP contribution is -2.27. The number of hydrogen-bond acceptors (Lipinski definition) is 5. The summed E-state index contributed by atoms with van der Waals surface area (Å²) in [5.41, 5.74) is 1.89. The molecule has 1 aliphatic rings. The fraction of sp³-hybridized carbons (Fsp3) is 0.250. The lowest BCUT2D eigenvalue weighted by atomic mass is 10.0. The van der Waals surface area contributed by atoms with Crippen LogP contribution in [0.3, 0.4) is 0 Å². The smallest absolute Gasteiger partial charge is 0.258 e. The monoisotopic (exact) mass is 452 g/mol. The van der Waals surface area contributed by atoms with Crippen LogP contribution in [0.1, 0.15) is 30.1 Å². The van der Waals surface area contributed by atoms with Gasteiger partial charge in [-0.3, -0.25) is 9.59 Å². The Bertz CT molecular complexity index is 1300. The van der Waals surface area contributed by atoms with Crippen molar-refractivity contribution in [2.75, 3.05) is 29.6 Å². The van der Waals surface area contributed by atoms with E-state index in [2.05, 4.69) is 12.2 Å². The molecule has 1 N–H and O–H groups in total. The van der Waals surface area contributed by atoms with Gasteiger partial charge in [-0.2, -0.15) is 0 Å². The van der Waals surface area contributed by atoms with Gasteiger partial charge in [-0.25, -0.2) is 8.42 Å². The van der Waals surface area contributed by atoms with E-state index in [-0.39, 0.29) is 10.8 Å². The fourth-order valence-electron chi connectivity index (χ4n) is 3.92. The second-order valence-electron chi connectivity index (χ2n) is 7.65. The number of benzene rings is 3. The first-order chi connectivity index (χ1) is 15.4. The highest BCUT2D eigenvalue weighted by Crippen LogP contribution is 2.40. The molecule has 0 aromatic heterocycles. The number of ether oxygens (including phenoxy) is 1. The van der Waals surface area contributed by atoms with E-state index in [0.717, 1.165) is 23.9 Å². The molecule has 166 valence electrons. The first kappa shape index (κ1) is 21.8. The summed E-state index contributed by atoms with van der Waals surface area (Å²) in [6.07, 6.45) is 1.86. The summed E-state index contributed by atoms with van der Waals surface area (Å²) in [5.74, 6) is -0.855. The van der Waals surface area contributed by atoms with Gasteiger partial charge in [0.15, 0.2) is 9.84 Å². The minimum Gasteiger partial charge on any atom is -0.497 e. The van der Waals surface area contributed by atoms with Crippen molar-refractivity contribution in [1.82, 2.24) is 0 Å². The molecule has 8 heteroatoms. The lowest BCUT2D eigenvalue weighted by Gasteiger charge is -2.17. The average Bonchev–Trinajstić information content (AvgIpc) is 3.06. The van der Waals surface area contributed by atoms with Crippen LogP contribution in [-0.4, -0.2) is 39.6 Å². The van der Waals surface area contributed by atoms with Crippen molar-refractivity contribution >= 4 is 43.8 Å². The van der Waals surface area contributed by atoms with E-state index >= 15 is 0 Å². The van der Waals surface area contributed by atoms with Gasteiger partial charge in [-0.1, -0.05) is 25.5 Å². The highest BCUT2D eigenvalue weighted by atomic mass is 32.2. The van der Waals surface area contributed by atoms with Crippen LogP contribution in [0.25, 0.3) is 10.8 Å². The predicted octanol–water partition coefficient (Wildman–Crippen LogP) is 4.02. The summed E-state index contributed by atoms with van der Waals surface area (Å²) in [5, 5.41) is 4.21. The minimum atomic E-state index is -3.82. The van der Waals surface area contributed by atoms with Crippen LogP contribution < -0.4 is 15.0 Å². The van der Waals surface area contributed by atoms with Gasteiger partial charge >= 0.3 is 0 Å². The number of unbranched alkanes of at least 4 members (excludes halogenated alkanes) is 1. The Hall–Kier alpha value is -3.39. The zero-order valence-corrected chi connectivity index (χ0v) is 18.7. The van der Waals surface area contributed by atoms with Gasteiger partial charge in [0.25, 0.3) is 5.91 Å². The van der Waals surface area contributed by atoms with E-state index in [1.165, 1.54) is 31.4 Å². The molecular weight excluding hydrogens is 428 g/mol. The average molecular weight is 453 g/mol. The topological polar surface area (TPSA) is 92.8 Å². The molecule has 32 heavy (non-hydrogen) atoms. The Morgan fingerprint density at radius 2 is 1.81 bits per heavy atom. The minimum absolute atomic E-state index is 0.0472.